The lowest BCUT2D eigenvalue weighted by Crippen LogP contribution is -2.24. The number of benzene rings is 1. The standard InChI is InChI=1S/C12H18BrN/c1-9(2)7-11(14)8-10-5-3-4-6-12(10)13/h3-6,9,11H,7-8,14H2,1-2H3. The van der Waals surface area contributed by atoms with Gasteiger partial charge in [0.1, 0.15) is 0 Å². The van der Waals surface area contributed by atoms with Crippen LogP contribution >= 0.6 is 15.9 Å². The average molecular weight is 256 g/mol. The predicted octanol–water partition coefficient (Wildman–Crippen LogP) is 3.37. The molecule has 0 spiro atoms. The quantitative estimate of drug-likeness (QED) is 0.878. The highest BCUT2D eigenvalue weighted by atomic mass is 79.9. The Morgan fingerprint density at radius 2 is 1.93 bits per heavy atom. The summed E-state index contributed by atoms with van der Waals surface area (Å²) in [5, 5.41) is 0. The molecule has 0 aliphatic rings. The maximum absolute atomic E-state index is 6.05. The molecule has 0 heterocycles. The van der Waals surface area contributed by atoms with E-state index in [1.165, 1.54) is 10.0 Å². The van der Waals surface area contributed by atoms with E-state index in [1.807, 2.05) is 6.07 Å². The van der Waals surface area contributed by atoms with Gasteiger partial charge in [-0.15, -0.1) is 0 Å². The average Bonchev–Trinajstić information content (AvgIpc) is 2.07. The van der Waals surface area contributed by atoms with Crippen LogP contribution in [0.3, 0.4) is 0 Å². The van der Waals surface area contributed by atoms with Gasteiger partial charge in [-0.05, 0) is 30.4 Å². The molecule has 1 nitrogen and oxygen atoms in total. The first-order chi connectivity index (χ1) is 6.59. The molecule has 0 saturated heterocycles. The molecular weight excluding hydrogens is 238 g/mol. The van der Waals surface area contributed by atoms with E-state index in [0.717, 1.165) is 12.8 Å². The zero-order valence-electron chi connectivity index (χ0n) is 8.83. The molecule has 1 aromatic carbocycles. The van der Waals surface area contributed by atoms with Crippen LogP contribution in [0.15, 0.2) is 28.7 Å². The van der Waals surface area contributed by atoms with Crippen molar-refractivity contribution in [1.29, 1.82) is 0 Å². The van der Waals surface area contributed by atoms with Crippen molar-refractivity contribution in [1.82, 2.24) is 0 Å². The van der Waals surface area contributed by atoms with Crippen LogP contribution in [0.1, 0.15) is 25.8 Å². The summed E-state index contributed by atoms with van der Waals surface area (Å²) in [6.07, 6.45) is 2.04. The van der Waals surface area contributed by atoms with E-state index in [0.29, 0.717) is 5.92 Å². The molecule has 1 aromatic rings. The van der Waals surface area contributed by atoms with Crippen LogP contribution in [-0.4, -0.2) is 6.04 Å². The molecule has 0 radical (unpaired) electrons. The Morgan fingerprint density at radius 1 is 1.29 bits per heavy atom. The smallest absolute Gasteiger partial charge is 0.0207 e. The van der Waals surface area contributed by atoms with Gasteiger partial charge < -0.3 is 5.73 Å². The molecule has 78 valence electrons. The maximum Gasteiger partial charge on any atom is 0.0207 e. The SMILES string of the molecule is CC(C)CC(N)Cc1ccccc1Br. The van der Waals surface area contributed by atoms with Crippen molar-refractivity contribution >= 4 is 15.9 Å². The van der Waals surface area contributed by atoms with Gasteiger partial charge in [-0.3, -0.25) is 0 Å². The van der Waals surface area contributed by atoms with E-state index in [9.17, 15) is 0 Å². The molecule has 1 rings (SSSR count). The highest BCUT2D eigenvalue weighted by Crippen LogP contribution is 2.18. The topological polar surface area (TPSA) is 26.0 Å². The van der Waals surface area contributed by atoms with Gasteiger partial charge in [0.05, 0.1) is 0 Å². The third kappa shape index (κ3) is 3.81. The van der Waals surface area contributed by atoms with Crippen LogP contribution in [-0.2, 0) is 6.42 Å². The minimum Gasteiger partial charge on any atom is -0.327 e. The molecule has 1 unspecified atom stereocenters. The van der Waals surface area contributed by atoms with Crippen molar-refractivity contribution in [3.8, 4) is 0 Å². The Labute approximate surface area is 94.8 Å². The molecule has 0 aromatic heterocycles. The van der Waals surface area contributed by atoms with Crippen molar-refractivity contribution in [3.05, 3.63) is 34.3 Å². The van der Waals surface area contributed by atoms with E-state index in [-0.39, 0.29) is 6.04 Å². The summed E-state index contributed by atoms with van der Waals surface area (Å²) < 4.78 is 1.17. The second-order valence-corrected chi connectivity index (χ2v) is 5.04. The van der Waals surface area contributed by atoms with E-state index in [4.69, 9.17) is 5.73 Å². The molecule has 14 heavy (non-hydrogen) atoms. The zero-order chi connectivity index (χ0) is 10.6. The third-order valence-corrected chi connectivity index (χ3v) is 2.99. The highest BCUT2D eigenvalue weighted by Gasteiger charge is 2.08. The van der Waals surface area contributed by atoms with Crippen LogP contribution < -0.4 is 5.73 Å². The summed E-state index contributed by atoms with van der Waals surface area (Å²) >= 11 is 3.54. The Morgan fingerprint density at radius 3 is 2.50 bits per heavy atom. The third-order valence-electron chi connectivity index (χ3n) is 2.21. The maximum atomic E-state index is 6.05. The lowest BCUT2D eigenvalue weighted by atomic mass is 9.98. The summed E-state index contributed by atoms with van der Waals surface area (Å²) in [7, 11) is 0. The summed E-state index contributed by atoms with van der Waals surface area (Å²) in [6.45, 7) is 4.42. The van der Waals surface area contributed by atoms with Crippen molar-refractivity contribution in [3.63, 3.8) is 0 Å². The minimum atomic E-state index is 0.272. The molecule has 1 atom stereocenters. The first kappa shape index (κ1) is 11.7. The van der Waals surface area contributed by atoms with Crippen LogP contribution in [0.4, 0.5) is 0 Å². The summed E-state index contributed by atoms with van der Waals surface area (Å²) in [5.74, 6) is 0.674. The van der Waals surface area contributed by atoms with E-state index >= 15 is 0 Å². The van der Waals surface area contributed by atoms with Gasteiger partial charge in [0.25, 0.3) is 0 Å². The largest absolute Gasteiger partial charge is 0.327 e. The number of nitrogens with two attached hydrogens (primary N) is 1. The van der Waals surface area contributed by atoms with Crippen molar-refractivity contribution in [2.75, 3.05) is 0 Å². The summed E-state index contributed by atoms with van der Waals surface area (Å²) in [5.41, 5.74) is 7.36. The van der Waals surface area contributed by atoms with Gasteiger partial charge in [0, 0.05) is 10.5 Å². The van der Waals surface area contributed by atoms with Crippen molar-refractivity contribution in [2.24, 2.45) is 11.7 Å². The van der Waals surface area contributed by atoms with Gasteiger partial charge in [0.15, 0.2) is 0 Å². The summed E-state index contributed by atoms with van der Waals surface area (Å²) in [4.78, 5) is 0. The van der Waals surface area contributed by atoms with E-state index in [2.05, 4.69) is 48.0 Å². The first-order valence-corrected chi connectivity index (χ1v) is 5.88. The lowest BCUT2D eigenvalue weighted by Gasteiger charge is -2.14. The zero-order valence-corrected chi connectivity index (χ0v) is 10.4. The number of hydrogen-bond acceptors (Lipinski definition) is 1. The number of halogens is 1. The Bertz CT molecular complexity index is 283. The minimum absolute atomic E-state index is 0.272. The van der Waals surface area contributed by atoms with Gasteiger partial charge in [0.2, 0.25) is 0 Å². The molecule has 0 saturated carbocycles. The molecule has 0 bridgehead atoms. The molecule has 2 heteroatoms. The van der Waals surface area contributed by atoms with Crippen molar-refractivity contribution < 1.29 is 0 Å². The lowest BCUT2D eigenvalue weighted by molar-refractivity contribution is 0.493. The fourth-order valence-electron chi connectivity index (χ4n) is 1.64. The Kier molecular flexibility index (Phi) is 4.63. The van der Waals surface area contributed by atoms with Crippen LogP contribution in [0.25, 0.3) is 0 Å². The van der Waals surface area contributed by atoms with Gasteiger partial charge in [-0.1, -0.05) is 48.0 Å². The second kappa shape index (κ2) is 5.52. The number of hydrogen-bond donors (Lipinski definition) is 1. The molecule has 0 aliphatic carbocycles. The van der Waals surface area contributed by atoms with Crippen LogP contribution in [0.2, 0.25) is 0 Å². The molecule has 0 fully saturated rings. The Hall–Kier alpha value is -0.340. The first-order valence-electron chi connectivity index (χ1n) is 5.08. The second-order valence-electron chi connectivity index (χ2n) is 4.19. The van der Waals surface area contributed by atoms with Crippen LogP contribution in [0, 0.1) is 5.92 Å². The van der Waals surface area contributed by atoms with Crippen molar-refractivity contribution in [2.45, 2.75) is 32.7 Å². The monoisotopic (exact) mass is 255 g/mol. The molecule has 0 aliphatic heterocycles. The van der Waals surface area contributed by atoms with Gasteiger partial charge in [-0.25, -0.2) is 0 Å². The molecule has 2 N–H and O–H groups in total. The normalized spacial score (nSPS) is 13.2. The van der Waals surface area contributed by atoms with E-state index < -0.39 is 0 Å². The Balaban J connectivity index is 2.56. The van der Waals surface area contributed by atoms with Gasteiger partial charge >= 0.3 is 0 Å². The van der Waals surface area contributed by atoms with Gasteiger partial charge in [-0.2, -0.15) is 0 Å². The predicted molar refractivity (Wildman–Crippen MR) is 65.3 cm³/mol. The van der Waals surface area contributed by atoms with Crippen LogP contribution in [0.5, 0.6) is 0 Å². The molecule has 0 amide bonds. The fourth-order valence-corrected chi connectivity index (χ4v) is 2.08. The summed E-state index contributed by atoms with van der Waals surface area (Å²) in [6, 6.07) is 8.56. The van der Waals surface area contributed by atoms with E-state index in [1.54, 1.807) is 0 Å². The fraction of sp³-hybridized carbons (Fsp3) is 0.500. The molecular formula is C12H18BrN. The highest BCUT2D eigenvalue weighted by molar-refractivity contribution is 9.10. The number of rotatable bonds is 4.